The number of nitrogens with one attached hydrogen (secondary N) is 2. The molecule has 3 heterocycles. The van der Waals surface area contributed by atoms with E-state index in [-0.39, 0.29) is 5.56 Å². The van der Waals surface area contributed by atoms with Gasteiger partial charge in [-0.25, -0.2) is 0 Å². The van der Waals surface area contributed by atoms with Crippen LogP contribution in [-0.4, -0.2) is 28.0 Å². The van der Waals surface area contributed by atoms with Crippen molar-refractivity contribution >= 4 is 22.6 Å². The number of aromatic nitrogens is 3. The number of nitrogens with zero attached hydrogens (tertiary/aromatic N) is 1. The lowest BCUT2D eigenvalue weighted by Gasteiger charge is -1.93. The minimum atomic E-state index is -0.0951. The van der Waals surface area contributed by atoms with E-state index in [1.165, 1.54) is 0 Å². The first-order valence-electron chi connectivity index (χ1n) is 7.36. The first kappa shape index (κ1) is 13.2. The molecule has 5 heteroatoms. The summed E-state index contributed by atoms with van der Waals surface area (Å²) in [7, 11) is 2.02. The van der Waals surface area contributed by atoms with Gasteiger partial charge in [-0.2, -0.15) is 0 Å². The normalized spacial score (nSPS) is 18.5. The Labute approximate surface area is 126 Å². The molecule has 1 saturated heterocycles. The van der Waals surface area contributed by atoms with Gasteiger partial charge in [0.05, 0.1) is 23.8 Å². The topological polar surface area (TPSA) is 62.8 Å². The van der Waals surface area contributed by atoms with Gasteiger partial charge in [-0.1, -0.05) is 18.2 Å². The van der Waals surface area contributed by atoms with Gasteiger partial charge < -0.3 is 9.30 Å². The first-order chi connectivity index (χ1) is 10.7. The van der Waals surface area contributed by atoms with Crippen LogP contribution in [0, 0.1) is 0 Å². The summed E-state index contributed by atoms with van der Waals surface area (Å²) in [6.45, 7) is 1.31. The van der Waals surface area contributed by atoms with Crippen LogP contribution in [0.1, 0.15) is 12.0 Å². The van der Waals surface area contributed by atoms with Crippen molar-refractivity contribution in [3.63, 3.8) is 0 Å². The molecule has 22 heavy (non-hydrogen) atoms. The van der Waals surface area contributed by atoms with E-state index in [0.29, 0.717) is 11.8 Å². The van der Waals surface area contributed by atoms with Crippen LogP contribution in [0.25, 0.3) is 22.6 Å². The molecule has 3 aromatic rings. The van der Waals surface area contributed by atoms with Crippen LogP contribution in [0.2, 0.25) is 0 Å². The van der Waals surface area contributed by atoms with E-state index >= 15 is 0 Å². The smallest absolute Gasteiger partial charge is 0.271 e. The van der Waals surface area contributed by atoms with Crippen molar-refractivity contribution in [2.45, 2.75) is 6.42 Å². The third kappa shape index (κ3) is 2.02. The van der Waals surface area contributed by atoms with E-state index in [1.807, 2.05) is 25.3 Å². The summed E-state index contributed by atoms with van der Waals surface area (Å²) in [6, 6.07) is 8.19. The van der Waals surface area contributed by atoms with Crippen LogP contribution >= 0.6 is 0 Å². The predicted octanol–water partition coefficient (Wildman–Crippen LogP) is 0.595. The maximum absolute atomic E-state index is 12.2. The molecular formula is C17H17N3O2. The van der Waals surface area contributed by atoms with Crippen molar-refractivity contribution < 1.29 is 4.74 Å². The highest BCUT2D eigenvalue weighted by atomic mass is 16.5. The summed E-state index contributed by atoms with van der Waals surface area (Å²) >= 11 is 0. The summed E-state index contributed by atoms with van der Waals surface area (Å²) in [5, 5.41) is 8.38. The molecule has 1 fully saturated rings. The molecule has 0 atom stereocenters. The van der Waals surface area contributed by atoms with Crippen LogP contribution in [0.15, 0.2) is 35.3 Å². The summed E-state index contributed by atoms with van der Waals surface area (Å²) in [4.78, 5) is 12.2. The summed E-state index contributed by atoms with van der Waals surface area (Å²) < 4.78 is 7.49. The van der Waals surface area contributed by atoms with E-state index in [9.17, 15) is 4.79 Å². The second kappa shape index (κ2) is 5.03. The number of H-pyrrole nitrogens is 2. The molecule has 0 saturated carbocycles. The van der Waals surface area contributed by atoms with Crippen molar-refractivity contribution in [3.05, 3.63) is 56.9 Å². The lowest BCUT2D eigenvalue weighted by Crippen LogP contribution is -2.35. The van der Waals surface area contributed by atoms with Crippen molar-refractivity contribution in [1.82, 2.24) is 14.8 Å². The number of benzene rings is 1. The van der Waals surface area contributed by atoms with Gasteiger partial charge in [0.2, 0.25) is 0 Å². The fourth-order valence-corrected chi connectivity index (χ4v) is 3.09. The molecule has 4 rings (SSSR count). The Kier molecular flexibility index (Phi) is 3.01. The number of rotatable bonds is 1. The second-order valence-corrected chi connectivity index (χ2v) is 5.63. The molecule has 0 aliphatic carbocycles. The quantitative estimate of drug-likeness (QED) is 0.690. The average molecular weight is 295 g/mol. The standard InChI is InChI=1S/C17H17N3O2/c1-20-9-12(13-4-2-3-5-15(13)20)8-14-16(18-19-17(14)21)11-6-7-22-10-11/h2-5,8-9,18H,6-7,10H2,1H3,(H,19,21). The van der Waals surface area contributed by atoms with Crippen molar-refractivity contribution in [2.24, 2.45) is 7.05 Å². The fraction of sp³-hybridized carbons (Fsp3) is 0.235. The molecule has 1 aliphatic rings. The summed E-state index contributed by atoms with van der Waals surface area (Å²) in [5.74, 6) is 0. The fourth-order valence-electron chi connectivity index (χ4n) is 3.09. The van der Waals surface area contributed by atoms with Gasteiger partial charge in [-0.3, -0.25) is 15.0 Å². The van der Waals surface area contributed by atoms with E-state index in [4.69, 9.17) is 4.74 Å². The highest BCUT2D eigenvalue weighted by molar-refractivity contribution is 5.89. The molecule has 5 nitrogen and oxygen atoms in total. The third-order valence-corrected chi connectivity index (χ3v) is 4.22. The van der Waals surface area contributed by atoms with Crippen molar-refractivity contribution in [2.75, 3.05) is 13.2 Å². The molecule has 0 radical (unpaired) electrons. The van der Waals surface area contributed by atoms with Crippen LogP contribution in [0.4, 0.5) is 0 Å². The van der Waals surface area contributed by atoms with Crippen LogP contribution in [-0.2, 0) is 11.8 Å². The van der Waals surface area contributed by atoms with Gasteiger partial charge in [0.25, 0.3) is 5.56 Å². The van der Waals surface area contributed by atoms with Gasteiger partial charge >= 0.3 is 0 Å². The molecule has 2 aromatic heterocycles. The number of hydrogen-bond donors (Lipinski definition) is 2. The molecule has 112 valence electrons. The lowest BCUT2D eigenvalue weighted by molar-refractivity contribution is 0.207. The summed E-state index contributed by atoms with van der Waals surface area (Å²) in [5.41, 5.74) is 3.25. The molecule has 0 bridgehead atoms. The van der Waals surface area contributed by atoms with Gasteiger partial charge in [0.1, 0.15) is 0 Å². The molecule has 2 N–H and O–H groups in total. The second-order valence-electron chi connectivity index (χ2n) is 5.63. The van der Waals surface area contributed by atoms with Gasteiger partial charge in [0.15, 0.2) is 0 Å². The zero-order valence-corrected chi connectivity index (χ0v) is 12.3. The molecule has 1 aromatic carbocycles. The molecule has 0 unspecified atom stereocenters. The number of para-hydroxylation sites is 1. The van der Waals surface area contributed by atoms with Gasteiger partial charge in [-0.15, -0.1) is 0 Å². The molecule has 0 spiro atoms. The van der Waals surface area contributed by atoms with E-state index in [0.717, 1.165) is 40.4 Å². The SMILES string of the molecule is Cn1cc(C=c2c(=O)[nH][nH]c2=C2CCOC2)c2ccccc21. The van der Waals surface area contributed by atoms with E-state index < -0.39 is 0 Å². The zero-order chi connectivity index (χ0) is 15.1. The Morgan fingerprint density at radius 2 is 2.14 bits per heavy atom. The van der Waals surface area contributed by atoms with Crippen LogP contribution < -0.4 is 16.1 Å². The average Bonchev–Trinajstić information content (AvgIpc) is 3.23. The van der Waals surface area contributed by atoms with Gasteiger partial charge in [-0.05, 0) is 24.1 Å². The van der Waals surface area contributed by atoms with E-state index in [1.54, 1.807) is 0 Å². The Morgan fingerprint density at radius 1 is 1.27 bits per heavy atom. The minimum absolute atomic E-state index is 0.0951. The van der Waals surface area contributed by atoms with Gasteiger partial charge in [0, 0.05) is 29.7 Å². The number of aromatic amines is 2. The van der Waals surface area contributed by atoms with Crippen LogP contribution in [0.5, 0.6) is 0 Å². The molecule has 1 aliphatic heterocycles. The van der Waals surface area contributed by atoms with Crippen LogP contribution in [0.3, 0.4) is 0 Å². The zero-order valence-electron chi connectivity index (χ0n) is 12.3. The Hall–Kier alpha value is -2.53. The highest BCUT2D eigenvalue weighted by Gasteiger charge is 2.11. The maximum Gasteiger partial charge on any atom is 0.271 e. The molecule has 0 amide bonds. The monoisotopic (exact) mass is 295 g/mol. The first-order valence-corrected chi connectivity index (χ1v) is 7.36. The molecular weight excluding hydrogens is 278 g/mol. The van der Waals surface area contributed by atoms with E-state index in [2.05, 4.69) is 33.1 Å². The predicted molar refractivity (Wildman–Crippen MR) is 86.0 cm³/mol. The van der Waals surface area contributed by atoms with Crippen molar-refractivity contribution in [1.29, 1.82) is 0 Å². The maximum atomic E-state index is 12.2. The summed E-state index contributed by atoms with van der Waals surface area (Å²) in [6.07, 6.45) is 4.87. The largest absolute Gasteiger partial charge is 0.377 e. The minimum Gasteiger partial charge on any atom is -0.377 e. The Bertz CT molecular complexity index is 1010. The third-order valence-electron chi connectivity index (χ3n) is 4.22. The van der Waals surface area contributed by atoms with Crippen molar-refractivity contribution in [3.8, 4) is 0 Å². The lowest BCUT2D eigenvalue weighted by atomic mass is 10.1. The Balaban J connectivity index is 2.03. The number of hydrogen-bond acceptors (Lipinski definition) is 2. The number of ether oxygens (including phenoxy) is 1. The Morgan fingerprint density at radius 3 is 2.95 bits per heavy atom. The highest BCUT2D eigenvalue weighted by Crippen LogP contribution is 2.20. The number of aryl methyl sites for hydroxylation is 1. The number of fused-ring (bicyclic) bond motifs is 1.